The number of nitrogens with zero attached hydrogens (tertiary/aromatic N) is 1. The first-order valence-corrected chi connectivity index (χ1v) is 8.50. The van der Waals surface area contributed by atoms with E-state index in [0.29, 0.717) is 29.3 Å². The Morgan fingerprint density at radius 2 is 2.00 bits per heavy atom. The van der Waals surface area contributed by atoms with Gasteiger partial charge in [0.1, 0.15) is 11.4 Å². The number of hydrogen-bond acceptors (Lipinski definition) is 5. The van der Waals surface area contributed by atoms with Crippen molar-refractivity contribution >= 4 is 34.4 Å². The number of anilines is 1. The number of carbonyl (C=O) groups excluding carboxylic acids is 2. The van der Waals surface area contributed by atoms with Crippen molar-refractivity contribution < 1.29 is 14.3 Å². The van der Waals surface area contributed by atoms with E-state index in [-0.39, 0.29) is 11.8 Å². The zero-order valence-electron chi connectivity index (χ0n) is 13.8. The van der Waals surface area contributed by atoms with Crippen LogP contribution in [0.5, 0.6) is 5.75 Å². The highest BCUT2D eigenvalue weighted by molar-refractivity contribution is 7.11. The van der Waals surface area contributed by atoms with Gasteiger partial charge in [0.2, 0.25) is 0 Å². The Bertz CT molecular complexity index is 825. The normalized spacial score (nSPS) is 14.5. The zero-order valence-corrected chi connectivity index (χ0v) is 14.6. The van der Waals surface area contributed by atoms with E-state index in [4.69, 9.17) is 4.74 Å². The van der Waals surface area contributed by atoms with Gasteiger partial charge >= 0.3 is 0 Å². The van der Waals surface area contributed by atoms with E-state index in [1.54, 1.807) is 14.0 Å². The Kier molecular flexibility index (Phi) is 4.40. The topological polar surface area (TPSA) is 58.6 Å². The number of ether oxygens (including phenoxy) is 1. The van der Waals surface area contributed by atoms with Gasteiger partial charge in [-0.3, -0.25) is 14.5 Å². The molecule has 0 atom stereocenters. The number of aryl methyl sites for hydroxylation is 1. The number of nitrogens with one attached hydrogen (secondary N) is 1. The van der Waals surface area contributed by atoms with Crippen molar-refractivity contribution in [3.8, 4) is 5.75 Å². The van der Waals surface area contributed by atoms with E-state index in [9.17, 15) is 9.59 Å². The Balaban J connectivity index is 2.10. The summed E-state index contributed by atoms with van der Waals surface area (Å²) >= 11 is 1.44. The first-order chi connectivity index (χ1) is 11.6. The minimum absolute atomic E-state index is 0.265. The van der Waals surface area contributed by atoms with Crippen molar-refractivity contribution in [1.29, 1.82) is 0 Å². The summed E-state index contributed by atoms with van der Waals surface area (Å²) in [5.41, 5.74) is 2.41. The lowest BCUT2D eigenvalue weighted by atomic mass is 10.1. The van der Waals surface area contributed by atoms with Crippen LogP contribution < -0.4 is 10.1 Å². The third kappa shape index (κ3) is 2.69. The monoisotopic (exact) mass is 342 g/mol. The van der Waals surface area contributed by atoms with E-state index < -0.39 is 0 Å². The van der Waals surface area contributed by atoms with Gasteiger partial charge in [0.05, 0.1) is 18.4 Å². The van der Waals surface area contributed by atoms with Crippen LogP contribution in [0.4, 0.5) is 5.69 Å². The van der Waals surface area contributed by atoms with Crippen molar-refractivity contribution in [2.75, 3.05) is 19.0 Å². The fourth-order valence-corrected chi connectivity index (χ4v) is 3.45. The molecule has 1 N–H and O–H groups in total. The van der Waals surface area contributed by atoms with Gasteiger partial charge in [0.25, 0.3) is 11.8 Å². The molecule has 0 saturated heterocycles. The summed E-state index contributed by atoms with van der Waals surface area (Å²) in [7, 11) is 1.57. The molecule has 3 rings (SSSR count). The van der Waals surface area contributed by atoms with Gasteiger partial charge in [-0.25, -0.2) is 0 Å². The summed E-state index contributed by atoms with van der Waals surface area (Å²) in [4.78, 5) is 27.4. The highest BCUT2D eigenvalue weighted by Gasteiger charge is 2.38. The van der Waals surface area contributed by atoms with Crippen molar-refractivity contribution in [1.82, 2.24) is 4.90 Å². The molecule has 0 radical (unpaired) electrons. The van der Waals surface area contributed by atoms with Crippen LogP contribution in [0.25, 0.3) is 5.57 Å². The second-order valence-corrected chi connectivity index (χ2v) is 6.36. The highest BCUT2D eigenvalue weighted by Crippen LogP contribution is 2.35. The fourth-order valence-electron chi connectivity index (χ4n) is 2.68. The van der Waals surface area contributed by atoms with E-state index in [1.165, 1.54) is 16.2 Å². The van der Waals surface area contributed by atoms with Gasteiger partial charge < -0.3 is 10.1 Å². The standard InChI is InChI=1S/C18H18N2O3S/c1-4-20-17(21)15(14-6-5-9-24-14)16(18(20)22)19-12-10-11(2)7-8-13(12)23-3/h5-10,19H,4H2,1-3H3. The summed E-state index contributed by atoms with van der Waals surface area (Å²) in [5, 5.41) is 5.02. The van der Waals surface area contributed by atoms with E-state index >= 15 is 0 Å². The molecule has 124 valence electrons. The number of rotatable bonds is 5. The van der Waals surface area contributed by atoms with Crippen LogP contribution in [0, 0.1) is 6.92 Å². The lowest BCUT2D eigenvalue weighted by molar-refractivity contribution is -0.136. The Labute approximate surface area is 144 Å². The van der Waals surface area contributed by atoms with Crippen LogP contribution in [0.3, 0.4) is 0 Å². The molecule has 1 aromatic heterocycles. The SMILES string of the molecule is CCN1C(=O)C(Nc2cc(C)ccc2OC)=C(c2cccs2)C1=O. The molecule has 0 unspecified atom stereocenters. The van der Waals surface area contributed by atoms with Gasteiger partial charge in [-0.2, -0.15) is 0 Å². The Morgan fingerprint density at radius 3 is 2.62 bits per heavy atom. The molecule has 1 aliphatic heterocycles. The van der Waals surface area contributed by atoms with Gasteiger partial charge in [-0.15, -0.1) is 11.3 Å². The molecule has 0 fully saturated rings. The first-order valence-electron chi connectivity index (χ1n) is 7.62. The van der Waals surface area contributed by atoms with Crippen LogP contribution in [0.1, 0.15) is 17.4 Å². The molecule has 24 heavy (non-hydrogen) atoms. The molecule has 0 spiro atoms. The van der Waals surface area contributed by atoms with E-state index in [0.717, 1.165) is 10.4 Å². The van der Waals surface area contributed by atoms with Crippen LogP contribution in [0.2, 0.25) is 0 Å². The molecule has 2 aromatic rings. The fraction of sp³-hybridized carbons (Fsp3) is 0.222. The van der Waals surface area contributed by atoms with Crippen molar-refractivity contribution in [2.45, 2.75) is 13.8 Å². The number of hydrogen-bond donors (Lipinski definition) is 1. The second-order valence-electron chi connectivity index (χ2n) is 5.41. The number of carbonyl (C=O) groups is 2. The predicted octanol–water partition coefficient (Wildman–Crippen LogP) is 3.28. The summed E-state index contributed by atoms with van der Waals surface area (Å²) in [6, 6.07) is 9.37. The summed E-state index contributed by atoms with van der Waals surface area (Å²) < 4.78 is 5.36. The number of imide groups is 1. The maximum absolute atomic E-state index is 12.7. The lowest BCUT2D eigenvalue weighted by Crippen LogP contribution is -2.32. The van der Waals surface area contributed by atoms with E-state index in [1.807, 2.05) is 42.6 Å². The molecule has 2 amide bonds. The maximum Gasteiger partial charge on any atom is 0.278 e. The number of thiophene rings is 1. The molecule has 0 saturated carbocycles. The van der Waals surface area contributed by atoms with Crippen LogP contribution >= 0.6 is 11.3 Å². The van der Waals surface area contributed by atoms with Crippen molar-refractivity contribution in [2.24, 2.45) is 0 Å². The minimum atomic E-state index is -0.311. The highest BCUT2D eigenvalue weighted by atomic mass is 32.1. The molecule has 2 heterocycles. The quantitative estimate of drug-likeness (QED) is 0.847. The first kappa shape index (κ1) is 16.3. The average Bonchev–Trinajstić information content (AvgIpc) is 3.15. The van der Waals surface area contributed by atoms with Gasteiger partial charge in [0.15, 0.2) is 0 Å². The van der Waals surface area contributed by atoms with Crippen LogP contribution in [-0.4, -0.2) is 30.4 Å². The van der Waals surface area contributed by atoms with Crippen LogP contribution in [0.15, 0.2) is 41.4 Å². The Hall–Kier alpha value is -2.60. The maximum atomic E-state index is 12.7. The molecular formula is C18H18N2O3S. The molecule has 0 bridgehead atoms. The van der Waals surface area contributed by atoms with Gasteiger partial charge in [0, 0.05) is 11.4 Å². The number of benzene rings is 1. The molecule has 1 aliphatic rings. The number of methoxy groups -OCH3 is 1. The molecular weight excluding hydrogens is 324 g/mol. The molecule has 6 heteroatoms. The summed E-state index contributed by atoms with van der Waals surface area (Å²) in [6.07, 6.45) is 0. The van der Waals surface area contributed by atoms with Crippen molar-refractivity contribution in [3.05, 3.63) is 51.8 Å². The predicted molar refractivity (Wildman–Crippen MR) is 95.0 cm³/mol. The number of amides is 2. The molecule has 5 nitrogen and oxygen atoms in total. The molecule has 1 aromatic carbocycles. The summed E-state index contributed by atoms with van der Waals surface area (Å²) in [5.74, 6) is 0.0438. The van der Waals surface area contributed by atoms with Gasteiger partial charge in [-0.05, 0) is 43.0 Å². The van der Waals surface area contributed by atoms with Gasteiger partial charge in [-0.1, -0.05) is 12.1 Å². The molecule has 0 aliphatic carbocycles. The third-order valence-corrected chi connectivity index (χ3v) is 4.75. The second kappa shape index (κ2) is 6.49. The smallest absolute Gasteiger partial charge is 0.278 e. The average molecular weight is 342 g/mol. The van der Waals surface area contributed by atoms with E-state index in [2.05, 4.69) is 5.32 Å². The van der Waals surface area contributed by atoms with Crippen molar-refractivity contribution in [3.63, 3.8) is 0 Å². The Morgan fingerprint density at radius 1 is 1.21 bits per heavy atom. The number of likely N-dealkylation sites (N-methyl/N-ethyl adjacent to an activating group) is 1. The van der Waals surface area contributed by atoms with Crippen LogP contribution in [-0.2, 0) is 9.59 Å². The zero-order chi connectivity index (χ0) is 17.3. The lowest BCUT2D eigenvalue weighted by Gasteiger charge is -2.14. The minimum Gasteiger partial charge on any atom is -0.495 e. The summed E-state index contributed by atoms with van der Waals surface area (Å²) in [6.45, 7) is 4.08. The largest absolute Gasteiger partial charge is 0.495 e. The third-order valence-electron chi connectivity index (χ3n) is 3.87.